The Kier molecular flexibility index (Phi) is 3.86. The Hall–Kier alpha value is -1.39. The number of primary amides is 1. The molecule has 0 aromatic heterocycles. The summed E-state index contributed by atoms with van der Waals surface area (Å²) >= 11 is 0. The van der Waals surface area contributed by atoms with Gasteiger partial charge in [0.15, 0.2) is 0 Å². The average molecular weight is 144 g/mol. The molecule has 0 bridgehead atoms. The summed E-state index contributed by atoms with van der Waals surface area (Å²) in [6.45, 7) is 1.25. The molecule has 2 amide bonds. The highest BCUT2D eigenvalue weighted by Gasteiger charge is 1.87. The van der Waals surface area contributed by atoms with E-state index in [1.165, 1.54) is 6.92 Å². The van der Waals surface area contributed by atoms with E-state index in [-0.39, 0.29) is 6.61 Å². The number of amides is 2. The van der Waals surface area contributed by atoms with Crippen molar-refractivity contribution in [2.24, 2.45) is 10.7 Å². The molecule has 0 radical (unpaired) electrons. The van der Waals surface area contributed by atoms with Crippen molar-refractivity contribution in [1.29, 1.82) is 0 Å². The number of nitrogens with zero attached hydrogens (tertiary/aromatic N) is 1. The molecule has 0 aliphatic rings. The summed E-state index contributed by atoms with van der Waals surface area (Å²) in [6.07, 6.45) is 1.13. The van der Waals surface area contributed by atoms with E-state index < -0.39 is 12.0 Å². The van der Waals surface area contributed by atoms with E-state index in [9.17, 15) is 9.59 Å². The van der Waals surface area contributed by atoms with Crippen LogP contribution in [0.2, 0.25) is 0 Å². The van der Waals surface area contributed by atoms with Crippen LogP contribution in [0.3, 0.4) is 0 Å². The first-order valence-corrected chi connectivity index (χ1v) is 2.58. The molecule has 0 aliphatic carbocycles. The quantitative estimate of drug-likeness (QED) is 0.426. The number of nitrogens with two attached hydrogens (primary N) is 1. The third kappa shape index (κ3) is 6.61. The van der Waals surface area contributed by atoms with Crippen molar-refractivity contribution in [2.45, 2.75) is 6.92 Å². The lowest BCUT2D eigenvalue weighted by Crippen LogP contribution is -2.07. The van der Waals surface area contributed by atoms with E-state index in [2.05, 4.69) is 15.5 Å². The first-order chi connectivity index (χ1) is 4.63. The molecule has 0 fully saturated rings. The Balaban J connectivity index is 3.36. The minimum atomic E-state index is -0.799. The predicted octanol–water partition coefficient (Wildman–Crippen LogP) is -0.301. The lowest BCUT2D eigenvalue weighted by atomic mass is 10.7. The van der Waals surface area contributed by atoms with Gasteiger partial charge in [-0.3, -0.25) is 4.79 Å². The van der Waals surface area contributed by atoms with Crippen LogP contribution in [0, 0.1) is 0 Å². The topological polar surface area (TPSA) is 81.8 Å². The molecule has 0 aromatic rings. The highest BCUT2D eigenvalue weighted by Crippen LogP contribution is 1.72. The molecule has 0 unspecified atom stereocenters. The summed E-state index contributed by atoms with van der Waals surface area (Å²) in [4.78, 5) is 23.1. The number of rotatable bonds is 2. The first-order valence-electron chi connectivity index (χ1n) is 2.58. The Bertz CT molecular complexity index is 164. The van der Waals surface area contributed by atoms with Crippen LogP contribution >= 0.6 is 0 Å². The molecule has 0 atom stereocenters. The van der Waals surface area contributed by atoms with Crippen LogP contribution in [0.5, 0.6) is 0 Å². The summed E-state index contributed by atoms with van der Waals surface area (Å²) < 4.78 is 4.40. The van der Waals surface area contributed by atoms with Gasteiger partial charge in [-0.2, -0.15) is 0 Å². The standard InChI is InChI=1S/C5H8N2O3/c1-4(8)10-3-2-7-5(6)9/h2H,3H2,1H3,(H2,6,9). The van der Waals surface area contributed by atoms with Gasteiger partial charge in [0.1, 0.15) is 6.61 Å². The molecule has 0 heterocycles. The maximum atomic E-state index is 10.1. The van der Waals surface area contributed by atoms with Gasteiger partial charge in [0.05, 0.1) is 0 Å². The molecule has 0 aromatic carbocycles. The maximum Gasteiger partial charge on any atom is 0.338 e. The van der Waals surface area contributed by atoms with Crippen molar-refractivity contribution in [3.8, 4) is 0 Å². The molecule has 0 spiro atoms. The lowest BCUT2D eigenvalue weighted by Gasteiger charge is -1.91. The van der Waals surface area contributed by atoms with Gasteiger partial charge in [0.2, 0.25) is 0 Å². The SMILES string of the molecule is CC(=O)OCC=NC(N)=O. The number of urea groups is 1. The summed E-state index contributed by atoms with van der Waals surface area (Å²) in [5.74, 6) is -0.420. The van der Waals surface area contributed by atoms with Gasteiger partial charge < -0.3 is 10.5 Å². The predicted molar refractivity (Wildman–Crippen MR) is 34.7 cm³/mol. The summed E-state index contributed by atoms with van der Waals surface area (Å²) in [7, 11) is 0. The van der Waals surface area contributed by atoms with Crippen LogP contribution in [-0.2, 0) is 9.53 Å². The number of hydrogen-bond donors (Lipinski definition) is 1. The zero-order valence-corrected chi connectivity index (χ0v) is 5.53. The Labute approximate surface area is 57.9 Å². The first kappa shape index (κ1) is 8.61. The number of hydrogen-bond acceptors (Lipinski definition) is 3. The zero-order valence-electron chi connectivity index (χ0n) is 5.53. The molecule has 5 nitrogen and oxygen atoms in total. The third-order valence-corrected chi connectivity index (χ3v) is 0.580. The van der Waals surface area contributed by atoms with E-state index in [0.29, 0.717) is 0 Å². The zero-order chi connectivity index (χ0) is 7.98. The van der Waals surface area contributed by atoms with Crippen LogP contribution < -0.4 is 5.73 Å². The molecule has 0 aliphatic heterocycles. The van der Waals surface area contributed by atoms with E-state index in [4.69, 9.17) is 0 Å². The Morgan fingerprint density at radius 2 is 2.30 bits per heavy atom. The van der Waals surface area contributed by atoms with Gasteiger partial charge in [0.25, 0.3) is 0 Å². The lowest BCUT2D eigenvalue weighted by molar-refractivity contribution is -0.139. The van der Waals surface area contributed by atoms with Gasteiger partial charge in [0, 0.05) is 13.1 Å². The second-order valence-corrected chi connectivity index (χ2v) is 1.45. The Morgan fingerprint density at radius 1 is 1.70 bits per heavy atom. The summed E-state index contributed by atoms with van der Waals surface area (Å²) in [6, 6.07) is -0.799. The largest absolute Gasteiger partial charge is 0.460 e. The average Bonchev–Trinajstić information content (AvgIpc) is 1.79. The Morgan fingerprint density at radius 3 is 2.70 bits per heavy atom. The number of carbonyl (C=O) groups excluding carboxylic acids is 2. The van der Waals surface area contributed by atoms with Crippen molar-refractivity contribution >= 4 is 18.2 Å². The van der Waals surface area contributed by atoms with Crippen molar-refractivity contribution in [1.82, 2.24) is 0 Å². The van der Waals surface area contributed by atoms with Crippen LogP contribution in [0.1, 0.15) is 6.92 Å². The van der Waals surface area contributed by atoms with E-state index >= 15 is 0 Å². The number of carbonyl (C=O) groups is 2. The third-order valence-electron chi connectivity index (χ3n) is 0.580. The van der Waals surface area contributed by atoms with Gasteiger partial charge in [-0.05, 0) is 0 Å². The van der Waals surface area contributed by atoms with Crippen LogP contribution in [0.15, 0.2) is 4.99 Å². The fraction of sp³-hybridized carbons (Fsp3) is 0.400. The van der Waals surface area contributed by atoms with Crippen LogP contribution in [-0.4, -0.2) is 24.8 Å². The summed E-state index contributed by atoms with van der Waals surface area (Å²) in [5, 5.41) is 0. The minimum Gasteiger partial charge on any atom is -0.460 e. The highest BCUT2D eigenvalue weighted by molar-refractivity contribution is 5.83. The molecular formula is C5H8N2O3. The monoisotopic (exact) mass is 144 g/mol. The highest BCUT2D eigenvalue weighted by atomic mass is 16.5. The van der Waals surface area contributed by atoms with E-state index in [1.54, 1.807) is 0 Å². The van der Waals surface area contributed by atoms with Crippen molar-refractivity contribution in [3.63, 3.8) is 0 Å². The molecule has 2 N–H and O–H groups in total. The molecule has 5 heteroatoms. The normalized spacial score (nSPS) is 9.70. The van der Waals surface area contributed by atoms with Gasteiger partial charge in [-0.25, -0.2) is 9.79 Å². The van der Waals surface area contributed by atoms with Crippen molar-refractivity contribution < 1.29 is 14.3 Å². The smallest absolute Gasteiger partial charge is 0.338 e. The molecule has 0 saturated carbocycles. The second kappa shape index (κ2) is 4.49. The number of esters is 1. The molecule has 0 rings (SSSR count). The van der Waals surface area contributed by atoms with Crippen LogP contribution in [0.25, 0.3) is 0 Å². The van der Waals surface area contributed by atoms with Gasteiger partial charge in [-0.15, -0.1) is 0 Å². The van der Waals surface area contributed by atoms with Crippen molar-refractivity contribution in [2.75, 3.05) is 6.61 Å². The van der Waals surface area contributed by atoms with E-state index in [1.807, 2.05) is 0 Å². The minimum absolute atomic E-state index is 0.0156. The summed E-state index contributed by atoms with van der Waals surface area (Å²) in [5.41, 5.74) is 4.63. The number of ether oxygens (including phenoxy) is 1. The van der Waals surface area contributed by atoms with Gasteiger partial charge in [-0.1, -0.05) is 0 Å². The second-order valence-electron chi connectivity index (χ2n) is 1.45. The number of aliphatic imine (C=N–C) groups is 1. The van der Waals surface area contributed by atoms with E-state index in [0.717, 1.165) is 6.21 Å². The molecule has 56 valence electrons. The fourth-order valence-corrected chi connectivity index (χ4v) is 0.282. The van der Waals surface area contributed by atoms with Crippen LogP contribution in [0.4, 0.5) is 4.79 Å². The van der Waals surface area contributed by atoms with Crippen molar-refractivity contribution in [3.05, 3.63) is 0 Å². The fourth-order valence-electron chi connectivity index (χ4n) is 0.282. The maximum absolute atomic E-state index is 10.1. The molecule has 10 heavy (non-hydrogen) atoms. The molecular weight excluding hydrogens is 136 g/mol. The van der Waals surface area contributed by atoms with Gasteiger partial charge >= 0.3 is 12.0 Å². The molecule has 0 saturated heterocycles.